The van der Waals surface area contributed by atoms with E-state index in [2.05, 4.69) is 102 Å². The first-order chi connectivity index (χ1) is 29.8. The van der Waals surface area contributed by atoms with Crippen molar-refractivity contribution in [2.45, 2.75) is 0 Å². The molecule has 0 radical (unpaired) electrons. The molecule has 4 nitrogen and oxygen atoms in total. The Morgan fingerprint density at radius 3 is 1.52 bits per heavy atom. The van der Waals surface area contributed by atoms with E-state index in [1.807, 2.05) is 108 Å². The predicted octanol–water partition coefficient (Wildman–Crippen LogP) is 16.0. The van der Waals surface area contributed by atoms with E-state index in [-0.39, 0.29) is 5.75 Å². The molecule has 9 rings (SSSR count). The van der Waals surface area contributed by atoms with Crippen LogP contribution in [0, 0.1) is 0 Å². The van der Waals surface area contributed by atoms with Crippen LogP contribution in [0.1, 0.15) is 11.1 Å². The van der Waals surface area contributed by atoms with Gasteiger partial charge in [-0.1, -0.05) is 159 Å². The van der Waals surface area contributed by atoms with Crippen molar-refractivity contribution >= 4 is 78.6 Å². The number of benzene rings is 9. The van der Waals surface area contributed by atoms with Gasteiger partial charge in [0.05, 0.1) is 5.69 Å². The lowest BCUT2D eigenvalue weighted by atomic mass is 10.1. The number of ether oxygens (including phenoxy) is 1. The molecule has 9 aromatic rings. The molecule has 0 bridgehead atoms. The zero-order valence-electron chi connectivity index (χ0n) is 33.2. The lowest BCUT2D eigenvalue weighted by Crippen LogP contribution is -2.10. The molecule has 0 atom stereocenters. The summed E-state index contributed by atoms with van der Waals surface area (Å²) in [5.41, 5.74) is 13.5. The van der Waals surface area contributed by atoms with Crippen LogP contribution in [0.3, 0.4) is 0 Å². The average Bonchev–Trinajstić information content (AvgIpc) is 3.31. The molecule has 0 saturated carbocycles. The summed E-state index contributed by atoms with van der Waals surface area (Å²) in [7, 11) is 0. The van der Waals surface area contributed by atoms with Crippen LogP contribution in [0.15, 0.2) is 225 Å². The predicted molar refractivity (Wildman–Crippen MR) is 252 cm³/mol. The van der Waals surface area contributed by atoms with Crippen LogP contribution >= 0.6 is 0 Å². The van der Waals surface area contributed by atoms with Gasteiger partial charge in [0.2, 0.25) is 0 Å². The number of hydrogen-bond acceptors (Lipinski definition) is 4. The van der Waals surface area contributed by atoms with E-state index in [4.69, 9.17) is 5.73 Å². The normalized spacial score (nSPS) is 10.4. The summed E-state index contributed by atoms with van der Waals surface area (Å²) in [4.78, 5) is 2.04. The fraction of sp³-hybridized carbons (Fsp3) is 0. The minimum Gasteiger partial charge on any atom is -0.428 e. The van der Waals surface area contributed by atoms with Gasteiger partial charge in [0.15, 0.2) is 0 Å². The molecule has 3 N–H and O–H groups in total. The Labute approximate surface area is 353 Å². The first kappa shape index (κ1) is 41.1. The molecule has 0 aliphatic carbocycles. The first-order valence-electron chi connectivity index (χ1n) is 19.5. The third-order valence-electron chi connectivity index (χ3n) is 9.88. The Morgan fingerprint density at radius 1 is 0.492 bits per heavy atom. The minimum atomic E-state index is -2.50. The quantitative estimate of drug-likeness (QED) is 0.113. The maximum absolute atomic E-state index is 13.1. The molecule has 0 unspecified atom stereocenters. The van der Waals surface area contributed by atoms with Crippen molar-refractivity contribution in [1.29, 1.82) is 0 Å². The summed E-state index contributed by atoms with van der Waals surface area (Å²) in [5.74, 6) is -0.0195. The first-order valence-corrected chi connectivity index (χ1v) is 19.5. The molecule has 7 heteroatoms. The summed E-state index contributed by atoms with van der Waals surface area (Å²) in [6.07, 6.45) is 1.12. The van der Waals surface area contributed by atoms with Crippen molar-refractivity contribution in [2.24, 2.45) is 0 Å². The van der Waals surface area contributed by atoms with Gasteiger partial charge < -0.3 is 20.7 Å². The number of nitrogen functional groups attached to an aromatic ring is 1. The number of nitrogens with zero attached hydrogens (tertiary/aromatic N) is 1. The molecule has 0 aliphatic heterocycles. The molecule has 300 valence electrons. The van der Waals surface area contributed by atoms with Crippen molar-refractivity contribution in [3.05, 3.63) is 237 Å². The Bertz CT molecular complexity index is 2930. The second-order valence-corrected chi connectivity index (χ2v) is 13.8. The molecule has 0 spiro atoms. The monoisotopic (exact) mass is 805 g/mol. The number of nitrogens with one attached hydrogen (secondary N) is 1. The van der Waals surface area contributed by atoms with Gasteiger partial charge in [0.1, 0.15) is 5.75 Å². The van der Waals surface area contributed by atoms with Gasteiger partial charge in [-0.2, -0.15) is 13.2 Å². The smallest absolute Gasteiger partial charge is 0.344 e. The van der Waals surface area contributed by atoms with E-state index >= 15 is 0 Å². The number of fused-ring (bicyclic) bond motifs is 3. The second kappa shape index (κ2) is 19.6. The topological polar surface area (TPSA) is 50.5 Å². The zero-order valence-corrected chi connectivity index (χ0v) is 33.2. The van der Waals surface area contributed by atoms with Gasteiger partial charge in [0, 0.05) is 44.6 Å². The lowest BCUT2D eigenvalue weighted by molar-refractivity contribution is 0.241. The number of rotatable bonds is 9. The van der Waals surface area contributed by atoms with Crippen molar-refractivity contribution < 1.29 is 17.9 Å². The Hall–Kier alpha value is -8.03. The molecule has 0 fully saturated rings. The maximum atomic E-state index is 13.1. The van der Waals surface area contributed by atoms with Crippen LogP contribution < -0.4 is 20.7 Å². The number of hydrogen-bond donors (Lipinski definition) is 2. The lowest BCUT2D eigenvalue weighted by Gasteiger charge is -2.27. The molecule has 9 aromatic carbocycles. The van der Waals surface area contributed by atoms with E-state index < -0.39 is 12.1 Å². The van der Waals surface area contributed by atoms with Gasteiger partial charge in [0.25, 0.3) is 0 Å². The second-order valence-electron chi connectivity index (χ2n) is 13.8. The van der Waals surface area contributed by atoms with Crippen molar-refractivity contribution in [1.82, 2.24) is 0 Å². The average molecular weight is 806 g/mol. The highest BCUT2D eigenvalue weighted by Gasteiger charge is 2.16. The number of nitrogens with two attached hydrogens (primary N) is 1. The maximum Gasteiger partial charge on any atom is 0.344 e. The molecular formula is C54H42F3N3O. The summed E-state index contributed by atoms with van der Waals surface area (Å²) >= 11 is 0. The van der Waals surface area contributed by atoms with E-state index in [0.717, 1.165) is 61.4 Å². The molecule has 0 aliphatic rings. The third kappa shape index (κ3) is 10.2. The fourth-order valence-electron chi connectivity index (χ4n) is 6.84. The van der Waals surface area contributed by atoms with Crippen molar-refractivity contribution in [3.63, 3.8) is 0 Å². The Morgan fingerprint density at radius 2 is 0.951 bits per heavy atom. The van der Waals surface area contributed by atoms with E-state index in [1.165, 1.54) is 28.3 Å². The number of anilines is 6. The molecule has 0 heterocycles. The standard InChI is InChI=1S/C26H18F3NO.C18H15N.C10H9N/c1-2-18-10-12-20(13-11-18)30(24-9-5-7-19-6-3-4-8-23(19)24)21-14-16-22(17-15-21)31-26(29)25(27)28;1-2-14-10-12-16(13-11-14)19-18-9-5-7-15-6-3-4-8-17(15)18;11-10-7-3-5-8-4-1-2-6-9(8)10/h2-17H,1H2;2-13,19H,1H2;1-7H,11H2. The molecule has 0 aromatic heterocycles. The van der Waals surface area contributed by atoms with Crippen LogP contribution in [-0.4, -0.2) is 0 Å². The summed E-state index contributed by atoms with van der Waals surface area (Å²) in [6.45, 7) is 7.56. The minimum absolute atomic E-state index is 0.0195. The summed E-state index contributed by atoms with van der Waals surface area (Å²) in [5, 5.41) is 10.4. The SMILES string of the molecule is C=Cc1ccc(N(c2ccc(OC(F)=C(F)F)cc2)c2cccc3ccccc23)cc1.C=Cc1ccc(Nc2cccc3ccccc23)cc1.Nc1cccc2ccccc12. The van der Waals surface area contributed by atoms with Crippen molar-refractivity contribution in [2.75, 3.05) is 16.0 Å². The van der Waals surface area contributed by atoms with Crippen LogP contribution in [0.2, 0.25) is 0 Å². The van der Waals surface area contributed by atoms with Crippen LogP contribution in [0.25, 0.3) is 44.5 Å². The van der Waals surface area contributed by atoms with Crippen LogP contribution in [0.4, 0.5) is 47.3 Å². The summed E-state index contributed by atoms with van der Waals surface area (Å²) in [6, 6.07) is 63.3. The van der Waals surface area contributed by atoms with E-state index in [0.29, 0.717) is 0 Å². The molecule has 0 amide bonds. The number of halogens is 3. The Kier molecular flexibility index (Phi) is 13.2. The van der Waals surface area contributed by atoms with Gasteiger partial charge in [-0.25, -0.2) is 0 Å². The molecular weight excluding hydrogens is 764 g/mol. The van der Waals surface area contributed by atoms with Crippen LogP contribution in [0.5, 0.6) is 5.75 Å². The van der Waals surface area contributed by atoms with Gasteiger partial charge >= 0.3 is 12.1 Å². The highest BCUT2D eigenvalue weighted by Crippen LogP contribution is 2.39. The highest BCUT2D eigenvalue weighted by molar-refractivity contribution is 5.99. The highest BCUT2D eigenvalue weighted by atomic mass is 19.3. The fourth-order valence-corrected chi connectivity index (χ4v) is 6.84. The van der Waals surface area contributed by atoms with E-state index in [1.54, 1.807) is 18.2 Å². The van der Waals surface area contributed by atoms with E-state index in [9.17, 15) is 13.2 Å². The molecule has 61 heavy (non-hydrogen) atoms. The molecule has 0 saturated heterocycles. The van der Waals surface area contributed by atoms with Gasteiger partial charge in [-0.05, 0) is 94.0 Å². The summed E-state index contributed by atoms with van der Waals surface area (Å²) < 4.78 is 42.4. The zero-order chi connectivity index (χ0) is 42.6. The van der Waals surface area contributed by atoms with Crippen LogP contribution in [-0.2, 0) is 0 Å². The van der Waals surface area contributed by atoms with Gasteiger partial charge in [-0.15, -0.1) is 0 Å². The van der Waals surface area contributed by atoms with Crippen molar-refractivity contribution in [3.8, 4) is 5.75 Å². The largest absolute Gasteiger partial charge is 0.428 e. The van der Waals surface area contributed by atoms with Gasteiger partial charge in [-0.3, -0.25) is 0 Å². The third-order valence-corrected chi connectivity index (χ3v) is 9.88. The Balaban J connectivity index is 0.000000157.